The maximum atomic E-state index is 6.13. The second kappa shape index (κ2) is 8.74. The molecule has 2 aromatic rings. The van der Waals surface area contributed by atoms with Crippen LogP contribution < -0.4 is 11.1 Å². The lowest BCUT2D eigenvalue weighted by atomic mass is 10.2. The number of hydrogen-bond acceptors (Lipinski definition) is 4. The van der Waals surface area contributed by atoms with Gasteiger partial charge in [0.05, 0.1) is 0 Å². The molecule has 0 saturated carbocycles. The van der Waals surface area contributed by atoms with Gasteiger partial charge in [-0.1, -0.05) is 18.2 Å². The molecule has 0 saturated heterocycles. The Morgan fingerprint density at radius 1 is 1.10 bits per heavy atom. The molecule has 0 amide bonds. The molecule has 1 atom stereocenters. The molecule has 0 aliphatic rings. The third kappa shape index (κ3) is 5.74. The number of aromatic nitrogens is 1. The van der Waals surface area contributed by atoms with Gasteiger partial charge < -0.3 is 11.1 Å². The molecule has 3 nitrogen and oxygen atoms in total. The van der Waals surface area contributed by atoms with Crippen LogP contribution in [0.25, 0.3) is 0 Å². The second-order valence-corrected chi connectivity index (χ2v) is 5.80. The van der Waals surface area contributed by atoms with Crippen molar-refractivity contribution in [3.63, 3.8) is 0 Å². The molecular weight excluding hydrogens is 266 g/mol. The molecule has 1 aromatic carbocycles. The lowest BCUT2D eigenvalue weighted by Crippen LogP contribution is -2.28. The summed E-state index contributed by atoms with van der Waals surface area (Å²) in [4.78, 5) is 5.29. The van der Waals surface area contributed by atoms with Gasteiger partial charge in [-0.25, -0.2) is 0 Å². The molecule has 106 valence electrons. The van der Waals surface area contributed by atoms with E-state index in [1.807, 2.05) is 42.4 Å². The van der Waals surface area contributed by atoms with Crippen LogP contribution in [0.2, 0.25) is 0 Å². The molecule has 4 heteroatoms. The fraction of sp³-hybridized carbons (Fsp3) is 0.312. The summed E-state index contributed by atoms with van der Waals surface area (Å²) in [5, 5.41) is 3.41. The Bertz CT molecular complexity index is 476. The SMILES string of the molecule is N[C@H](CCNCc1ccncc1)CSc1ccccc1. The van der Waals surface area contributed by atoms with Gasteiger partial charge in [0.25, 0.3) is 0 Å². The average Bonchev–Trinajstić information content (AvgIpc) is 2.52. The van der Waals surface area contributed by atoms with Crippen LogP contribution in [0, 0.1) is 0 Å². The molecule has 0 aliphatic carbocycles. The number of nitrogens with two attached hydrogens (primary N) is 1. The third-order valence-electron chi connectivity index (χ3n) is 2.98. The molecule has 0 fully saturated rings. The van der Waals surface area contributed by atoms with Crippen LogP contribution in [0.15, 0.2) is 59.8 Å². The minimum absolute atomic E-state index is 0.227. The van der Waals surface area contributed by atoms with Crippen LogP contribution in [0.3, 0.4) is 0 Å². The normalized spacial score (nSPS) is 12.2. The summed E-state index contributed by atoms with van der Waals surface area (Å²) in [5.41, 5.74) is 7.39. The van der Waals surface area contributed by atoms with Gasteiger partial charge in [0.15, 0.2) is 0 Å². The fourth-order valence-electron chi connectivity index (χ4n) is 1.82. The van der Waals surface area contributed by atoms with Gasteiger partial charge in [-0.3, -0.25) is 4.98 Å². The first-order valence-electron chi connectivity index (χ1n) is 6.87. The Hall–Kier alpha value is -1.36. The molecule has 0 bridgehead atoms. The van der Waals surface area contributed by atoms with E-state index in [1.165, 1.54) is 10.5 Å². The van der Waals surface area contributed by atoms with Crippen molar-refractivity contribution in [3.8, 4) is 0 Å². The monoisotopic (exact) mass is 287 g/mol. The topological polar surface area (TPSA) is 50.9 Å². The number of rotatable bonds is 8. The van der Waals surface area contributed by atoms with Crippen LogP contribution in [0.5, 0.6) is 0 Å². The average molecular weight is 287 g/mol. The number of thioether (sulfide) groups is 1. The first-order chi connectivity index (χ1) is 9.84. The van der Waals surface area contributed by atoms with Gasteiger partial charge >= 0.3 is 0 Å². The Labute approximate surface area is 125 Å². The zero-order valence-electron chi connectivity index (χ0n) is 11.5. The van der Waals surface area contributed by atoms with E-state index in [0.717, 1.165) is 25.3 Å². The molecule has 0 radical (unpaired) electrons. The van der Waals surface area contributed by atoms with Crippen molar-refractivity contribution in [2.24, 2.45) is 5.73 Å². The molecule has 1 heterocycles. The van der Waals surface area contributed by atoms with Crippen molar-refractivity contribution < 1.29 is 0 Å². The van der Waals surface area contributed by atoms with E-state index < -0.39 is 0 Å². The summed E-state index contributed by atoms with van der Waals surface area (Å²) in [6, 6.07) is 14.7. The van der Waals surface area contributed by atoms with Crippen LogP contribution in [-0.4, -0.2) is 23.3 Å². The van der Waals surface area contributed by atoms with Crippen molar-refractivity contribution in [1.82, 2.24) is 10.3 Å². The van der Waals surface area contributed by atoms with Crippen molar-refractivity contribution in [1.29, 1.82) is 0 Å². The minimum Gasteiger partial charge on any atom is -0.327 e. The Kier molecular flexibility index (Phi) is 6.57. The molecule has 0 aliphatic heterocycles. The predicted octanol–water partition coefficient (Wildman–Crippen LogP) is 2.68. The Balaban J connectivity index is 1.57. The lowest BCUT2D eigenvalue weighted by molar-refractivity contribution is 0.593. The van der Waals surface area contributed by atoms with Crippen LogP contribution in [0.4, 0.5) is 0 Å². The van der Waals surface area contributed by atoms with Crippen molar-refractivity contribution in [2.45, 2.75) is 23.9 Å². The van der Waals surface area contributed by atoms with Crippen molar-refractivity contribution in [3.05, 3.63) is 60.4 Å². The van der Waals surface area contributed by atoms with Crippen molar-refractivity contribution >= 4 is 11.8 Å². The van der Waals surface area contributed by atoms with E-state index in [0.29, 0.717) is 0 Å². The Morgan fingerprint density at radius 3 is 2.60 bits per heavy atom. The van der Waals surface area contributed by atoms with E-state index in [2.05, 4.69) is 34.6 Å². The largest absolute Gasteiger partial charge is 0.327 e. The van der Waals surface area contributed by atoms with Crippen LogP contribution in [-0.2, 0) is 6.54 Å². The van der Waals surface area contributed by atoms with E-state index in [1.54, 1.807) is 0 Å². The third-order valence-corrected chi connectivity index (χ3v) is 4.18. The molecule has 2 rings (SSSR count). The highest BCUT2D eigenvalue weighted by molar-refractivity contribution is 7.99. The van der Waals surface area contributed by atoms with E-state index in [4.69, 9.17) is 5.73 Å². The zero-order chi connectivity index (χ0) is 14.0. The maximum Gasteiger partial charge on any atom is 0.0271 e. The smallest absolute Gasteiger partial charge is 0.0271 e. The number of nitrogens with one attached hydrogen (secondary N) is 1. The van der Waals surface area contributed by atoms with Crippen molar-refractivity contribution in [2.75, 3.05) is 12.3 Å². The van der Waals surface area contributed by atoms with Gasteiger partial charge in [-0.15, -0.1) is 11.8 Å². The highest BCUT2D eigenvalue weighted by atomic mass is 32.2. The maximum absolute atomic E-state index is 6.13. The van der Waals surface area contributed by atoms with Gasteiger partial charge in [-0.2, -0.15) is 0 Å². The molecule has 3 N–H and O–H groups in total. The summed E-state index contributed by atoms with van der Waals surface area (Å²) in [5.74, 6) is 0.959. The second-order valence-electron chi connectivity index (χ2n) is 4.71. The highest BCUT2D eigenvalue weighted by Gasteiger charge is 2.03. The highest BCUT2D eigenvalue weighted by Crippen LogP contribution is 2.17. The molecule has 20 heavy (non-hydrogen) atoms. The predicted molar refractivity (Wildman–Crippen MR) is 85.7 cm³/mol. The number of pyridine rings is 1. The zero-order valence-corrected chi connectivity index (χ0v) is 12.4. The lowest BCUT2D eigenvalue weighted by Gasteiger charge is -2.12. The summed E-state index contributed by atoms with van der Waals surface area (Å²) < 4.78 is 0. The summed E-state index contributed by atoms with van der Waals surface area (Å²) in [6.07, 6.45) is 4.63. The minimum atomic E-state index is 0.227. The molecule has 1 aromatic heterocycles. The van der Waals surface area contributed by atoms with Crippen LogP contribution in [0.1, 0.15) is 12.0 Å². The number of hydrogen-bond donors (Lipinski definition) is 2. The molecule has 0 unspecified atom stereocenters. The van der Waals surface area contributed by atoms with Gasteiger partial charge in [0.1, 0.15) is 0 Å². The first kappa shape index (κ1) is 15.0. The van der Waals surface area contributed by atoms with Crippen LogP contribution >= 0.6 is 11.8 Å². The van der Waals surface area contributed by atoms with E-state index >= 15 is 0 Å². The fourth-order valence-corrected chi connectivity index (χ4v) is 2.75. The van der Waals surface area contributed by atoms with E-state index in [9.17, 15) is 0 Å². The quantitative estimate of drug-likeness (QED) is 0.579. The molecular formula is C16H21N3S. The van der Waals surface area contributed by atoms with Gasteiger partial charge in [0.2, 0.25) is 0 Å². The van der Waals surface area contributed by atoms with E-state index in [-0.39, 0.29) is 6.04 Å². The number of nitrogens with zero attached hydrogens (tertiary/aromatic N) is 1. The summed E-state index contributed by atoms with van der Waals surface area (Å²) in [7, 11) is 0. The summed E-state index contributed by atoms with van der Waals surface area (Å²) >= 11 is 1.82. The van der Waals surface area contributed by atoms with Gasteiger partial charge in [0, 0.05) is 35.6 Å². The Morgan fingerprint density at radius 2 is 1.85 bits per heavy atom. The van der Waals surface area contributed by atoms with Gasteiger partial charge in [-0.05, 0) is 42.8 Å². The standard InChI is InChI=1S/C16H21N3S/c17-15(13-20-16-4-2-1-3-5-16)8-11-19-12-14-6-9-18-10-7-14/h1-7,9-10,15,19H,8,11-13,17H2/t15-/m1/s1. The number of benzene rings is 1. The molecule has 0 spiro atoms. The first-order valence-corrected chi connectivity index (χ1v) is 7.86. The summed E-state index contributed by atoms with van der Waals surface area (Å²) in [6.45, 7) is 1.82.